The van der Waals surface area contributed by atoms with Crippen molar-refractivity contribution >= 4 is 11.8 Å². The molecule has 2 N–H and O–H groups in total. The number of aromatic nitrogens is 3. The second-order valence-corrected chi connectivity index (χ2v) is 12.6. The summed E-state index contributed by atoms with van der Waals surface area (Å²) in [5.41, 5.74) is 0.354. The van der Waals surface area contributed by atoms with Gasteiger partial charge in [0.05, 0.1) is 24.6 Å². The highest BCUT2D eigenvalue weighted by Crippen LogP contribution is 2.37. The van der Waals surface area contributed by atoms with Crippen LogP contribution in [0.1, 0.15) is 59.4 Å². The Morgan fingerprint density at radius 1 is 1.13 bits per heavy atom. The van der Waals surface area contributed by atoms with Gasteiger partial charge in [-0.05, 0) is 52.7 Å². The maximum atomic E-state index is 13.9. The van der Waals surface area contributed by atoms with E-state index < -0.39 is 60.1 Å². The van der Waals surface area contributed by atoms with Crippen LogP contribution >= 0.6 is 0 Å². The fraction of sp³-hybridized carbons (Fsp3) is 0.667. The number of likely N-dealkylation sites (tertiary alicyclic amines) is 1. The number of benzene rings is 1. The predicted octanol–water partition coefficient (Wildman–Crippen LogP) is 3.61. The zero-order valence-corrected chi connectivity index (χ0v) is 25.7. The minimum absolute atomic E-state index is 0.0385. The number of oxime groups is 1. The lowest BCUT2D eigenvalue weighted by molar-refractivity contribution is -0.224. The summed E-state index contributed by atoms with van der Waals surface area (Å²) in [4.78, 5) is 20.0. The van der Waals surface area contributed by atoms with Gasteiger partial charge in [0.25, 0.3) is 0 Å². The van der Waals surface area contributed by atoms with Crippen LogP contribution in [0.4, 0.5) is 18.0 Å². The van der Waals surface area contributed by atoms with E-state index in [-0.39, 0.29) is 36.0 Å². The van der Waals surface area contributed by atoms with Crippen molar-refractivity contribution in [3.63, 3.8) is 0 Å². The maximum Gasteiger partial charge on any atom is 0.410 e. The van der Waals surface area contributed by atoms with Gasteiger partial charge in [0.2, 0.25) is 0 Å². The lowest BCUT2D eigenvalue weighted by atomic mass is 9.86. The van der Waals surface area contributed by atoms with Crippen molar-refractivity contribution in [3.8, 4) is 11.3 Å². The van der Waals surface area contributed by atoms with E-state index in [1.807, 2.05) is 20.8 Å². The normalized spacial score (nSPS) is 27.8. The van der Waals surface area contributed by atoms with Crippen LogP contribution in [0.15, 0.2) is 23.5 Å². The van der Waals surface area contributed by atoms with E-state index in [1.54, 1.807) is 11.8 Å². The maximum absolute atomic E-state index is 13.9. The second kappa shape index (κ2) is 13.6. The summed E-state index contributed by atoms with van der Waals surface area (Å²) in [6.07, 6.45) is -0.679. The number of amides is 1. The molecule has 1 aromatic carbocycles. The first-order valence-corrected chi connectivity index (χ1v) is 15.2. The Kier molecular flexibility index (Phi) is 10.0. The first-order valence-electron chi connectivity index (χ1n) is 15.2. The molecule has 2 fully saturated rings. The van der Waals surface area contributed by atoms with Crippen LogP contribution < -0.4 is 0 Å². The SMILES string of the molecule is CCO[C@@H]1[C@@H](n2cc(-c3cc(F)c(F)c(F)c3)nn2)[C@@H](O)[C@@H](CO)O[C@@H]1C[C@H]1CC(C2CCN(C(=O)OC(C)(C)C)CC2)=NO1. The van der Waals surface area contributed by atoms with Crippen molar-refractivity contribution in [2.45, 2.75) is 95.5 Å². The number of hydrogen-bond donors (Lipinski definition) is 2. The summed E-state index contributed by atoms with van der Waals surface area (Å²) in [7, 11) is 0. The van der Waals surface area contributed by atoms with Gasteiger partial charge in [-0.15, -0.1) is 5.10 Å². The van der Waals surface area contributed by atoms with Gasteiger partial charge in [0.15, 0.2) is 17.5 Å². The topological polar surface area (TPSA) is 141 Å². The van der Waals surface area contributed by atoms with Gasteiger partial charge in [0.1, 0.15) is 41.8 Å². The average Bonchev–Trinajstić information content (AvgIpc) is 3.67. The number of halogens is 3. The number of ether oxygens (including phenoxy) is 3. The standard InChI is InChI=1S/C30H40F3N5O7/c1-5-42-28-23(13-18-12-21(35-45-18)16-6-8-37(9-7-16)29(41)44-30(2,3)4)43-24(15-39)27(40)26(28)38-14-22(34-36-38)17-10-19(31)25(33)20(32)11-17/h10-11,14,16,18,23-24,26-28,39-40H,5-9,12-13,15H2,1-4H3/t18-,23-,24-,26+,27+,28+/m1/s1. The molecule has 6 atom stereocenters. The highest BCUT2D eigenvalue weighted by molar-refractivity contribution is 5.88. The first-order chi connectivity index (χ1) is 21.4. The van der Waals surface area contributed by atoms with Gasteiger partial charge in [0, 0.05) is 44.0 Å². The Morgan fingerprint density at radius 2 is 1.82 bits per heavy atom. The quantitative estimate of drug-likeness (QED) is 0.415. The van der Waals surface area contributed by atoms with Crippen molar-refractivity contribution in [1.29, 1.82) is 0 Å². The van der Waals surface area contributed by atoms with Crippen LogP contribution in [-0.2, 0) is 19.0 Å². The largest absolute Gasteiger partial charge is 0.444 e. The Bertz CT molecular complexity index is 1350. The minimum Gasteiger partial charge on any atom is -0.444 e. The third kappa shape index (κ3) is 7.42. The predicted molar refractivity (Wildman–Crippen MR) is 154 cm³/mol. The molecular weight excluding hydrogens is 599 g/mol. The van der Waals surface area contributed by atoms with Crippen LogP contribution in [0.3, 0.4) is 0 Å². The summed E-state index contributed by atoms with van der Waals surface area (Å²) in [6, 6.07) is 0.725. The van der Waals surface area contributed by atoms with Gasteiger partial charge in [-0.1, -0.05) is 10.4 Å². The van der Waals surface area contributed by atoms with Crippen LogP contribution in [0.5, 0.6) is 0 Å². The van der Waals surface area contributed by atoms with E-state index in [1.165, 1.54) is 10.9 Å². The van der Waals surface area contributed by atoms with Crippen molar-refractivity contribution < 1.29 is 47.2 Å². The molecule has 1 amide bonds. The number of aliphatic hydroxyl groups is 2. The van der Waals surface area contributed by atoms with Crippen molar-refractivity contribution in [2.75, 3.05) is 26.3 Å². The lowest BCUT2D eigenvalue weighted by Gasteiger charge is -2.44. The summed E-state index contributed by atoms with van der Waals surface area (Å²) >= 11 is 0. The molecule has 4 heterocycles. The lowest BCUT2D eigenvalue weighted by Crippen LogP contribution is -2.57. The highest BCUT2D eigenvalue weighted by atomic mass is 19.2. The molecule has 2 aromatic rings. The molecule has 0 aliphatic carbocycles. The van der Waals surface area contributed by atoms with Crippen molar-refractivity contribution in [1.82, 2.24) is 19.9 Å². The van der Waals surface area contributed by atoms with E-state index in [4.69, 9.17) is 19.0 Å². The molecular formula is C30H40F3N5O7. The number of carbonyl (C=O) groups excluding carboxylic acids is 1. The zero-order valence-electron chi connectivity index (χ0n) is 25.7. The Balaban J connectivity index is 1.26. The van der Waals surface area contributed by atoms with Gasteiger partial charge in [-0.3, -0.25) is 0 Å². The molecule has 45 heavy (non-hydrogen) atoms. The third-order valence-corrected chi connectivity index (χ3v) is 8.29. The van der Waals surface area contributed by atoms with Gasteiger partial charge < -0.3 is 34.2 Å². The number of carbonyl (C=O) groups is 1. The van der Waals surface area contributed by atoms with Crippen LogP contribution in [0.2, 0.25) is 0 Å². The van der Waals surface area contributed by atoms with Crippen LogP contribution in [0.25, 0.3) is 11.3 Å². The molecule has 15 heteroatoms. The summed E-state index contributed by atoms with van der Waals surface area (Å²) in [6.45, 7) is 8.16. The molecule has 0 unspecified atom stereocenters. The molecule has 248 valence electrons. The molecule has 3 aliphatic heterocycles. The van der Waals surface area contributed by atoms with Crippen LogP contribution in [-0.4, -0.2) is 104 Å². The Hall–Kier alpha value is -3.27. The van der Waals surface area contributed by atoms with Gasteiger partial charge in [-0.2, -0.15) is 0 Å². The molecule has 0 bridgehead atoms. The first kappa shape index (κ1) is 33.1. The second-order valence-electron chi connectivity index (χ2n) is 12.6. The molecule has 5 rings (SSSR count). The van der Waals surface area contributed by atoms with E-state index in [9.17, 15) is 28.2 Å². The molecule has 0 radical (unpaired) electrons. The fourth-order valence-corrected chi connectivity index (χ4v) is 6.12. The number of aliphatic hydroxyl groups excluding tert-OH is 2. The Morgan fingerprint density at radius 3 is 2.44 bits per heavy atom. The number of nitrogens with zero attached hydrogens (tertiary/aromatic N) is 5. The number of piperidine rings is 1. The molecule has 12 nitrogen and oxygen atoms in total. The molecule has 0 saturated carbocycles. The summed E-state index contributed by atoms with van der Waals surface area (Å²) in [5, 5.41) is 33.7. The molecule has 0 spiro atoms. The number of hydrogen-bond acceptors (Lipinski definition) is 10. The number of rotatable bonds is 8. The zero-order chi connectivity index (χ0) is 32.5. The molecule has 1 aromatic heterocycles. The van der Waals surface area contributed by atoms with Gasteiger partial charge in [-0.25, -0.2) is 22.6 Å². The monoisotopic (exact) mass is 639 g/mol. The highest BCUT2D eigenvalue weighted by Gasteiger charge is 2.48. The average molecular weight is 640 g/mol. The van der Waals surface area contributed by atoms with E-state index >= 15 is 0 Å². The fourth-order valence-electron chi connectivity index (χ4n) is 6.12. The smallest absolute Gasteiger partial charge is 0.410 e. The summed E-state index contributed by atoms with van der Waals surface area (Å²) < 4.78 is 60.2. The molecule has 3 aliphatic rings. The Labute approximate surface area is 259 Å². The van der Waals surface area contributed by atoms with E-state index in [0.29, 0.717) is 25.9 Å². The molecule has 2 saturated heterocycles. The van der Waals surface area contributed by atoms with Crippen molar-refractivity contribution in [3.05, 3.63) is 35.8 Å². The van der Waals surface area contributed by atoms with E-state index in [2.05, 4.69) is 15.5 Å². The summed E-state index contributed by atoms with van der Waals surface area (Å²) in [5.74, 6) is -4.18. The minimum atomic E-state index is -1.59. The van der Waals surface area contributed by atoms with Crippen molar-refractivity contribution in [2.24, 2.45) is 11.1 Å². The van der Waals surface area contributed by atoms with Crippen LogP contribution in [0, 0.1) is 23.4 Å². The third-order valence-electron chi connectivity index (χ3n) is 8.29. The van der Waals surface area contributed by atoms with Gasteiger partial charge >= 0.3 is 6.09 Å². The van der Waals surface area contributed by atoms with E-state index in [0.717, 1.165) is 30.7 Å².